The lowest BCUT2D eigenvalue weighted by Gasteiger charge is -2.10. The van der Waals surface area contributed by atoms with E-state index in [1.807, 2.05) is 18.3 Å². The zero-order chi connectivity index (χ0) is 19.7. The van der Waals surface area contributed by atoms with Gasteiger partial charge in [-0.15, -0.1) is 21.5 Å². The number of thiophene rings is 1. The minimum atomic E-state index is 0.566. The molecule has 0 aliphatic carbocycles. The number of hydrogen-bond donors (Lipinski definition) is 0. The Labute approximate surface area is 171 Å². The summed E-state index contributed by atoms with van der Waals surface area (Å²) in [5.74, 6) is 1.87. The second-order valence-electron chi connectivity index (χ2n) is 7.72. The van der Waals surface area contributed by atoms with Crippen LogP contribution in [0.15, 0.2) is 29.3 Å². The first kappa shape index (κ1) is 19.1. The molecule has 0 bridgehead atoms. The number of benzene rings is 1. The topological polar surface area (TPSA) is 43.1 Å². The van der Waals surface area contributed by atoms with Gasteiger partial charge in [0.1, 0.15) is 17.4 Å². The van der Waals surface area contributed by atoms with Crippen LogP contribution in [0.5, 0.6) is 0 Å². The number of aromatic nitrogens is 3. The van der Waals surface area contributed by atoms with E-state index in [2.05, 4.69) is 59.8 Å². The van der Waals surface area contributed by atoms with E-state index in [0.717, 1.165) is 23.8 Å². The molecule has 0 N–H and O–H groups in total. The van der Waals surface area contributed by atoms with Crippen LogP contribution in [0, 0.1) is 20.8 Å². The van der Waals surface area contributed by atoms with Crippen LogP contribution in [-0.2, 0) is 13.0 Å². The third-order valence-electron chi connectivity index (χ3n) is 5.41. The highest BCUT2D eigenvalue weighted by atomic mass is 32.1. The van der Waals surface area contributed by atoms with E-state index < -0.39 is 0 Å². The van der Waals surface area contributed by atoms with Crippen molar-refractivity contribution in [1.82, 2.24) is 14.8 Å². The minimum Gasteiger partial charge on any atom is -0.276 e. The van der Waals surface area contributed by atoms with Gasteiger partial charge in [0.15, 0.2) is 5.82 Å². The molecule has 0 atom stereocenters. The zero-order valence-electron chi connectivity index (χ0n) is 17.2. The van der Waals surface area contributed by atoms with E-state index in [4.69, 9.17) is 4.99 Å². The third kappa shape index (κ3) is 3.55. The van der Waals surface area contributed by atoms with E-state index in [-0.39, 0.29) is 0 Å². The Morgan fingerprint density at radius 2 is 1.86 bits per heavy atom. The highest BCUT2D eigenvalue weighted by molar-refractivity contribution is 7.15. The predicted octanol–water partition coefficient (Wildman–Crippen LogP) is 5.73. The summed E-state index contributed by atoms with van der Waals surface area (Å²) >= 11 is 1.88. The summed E-state index contributed by atoms with van der Waals surface area (Å²) < 4.78 is 2.20. The summed E-state index contributed by atoms with van der Waals surface area (Å²) in [6, 6.07) is 8.99. The van der Waals surface area contributed by atoms with Crippen LogP contribution in [0.25, 0.3) is 5.00 Å². The van der Waals surface area contributed by atoms with Gasteiger partial charge < -0.3 is 0 Å². The SMILES string of the molecule is CCCCCCc1cc2c(s1)-n1c(C)nnc1CN=C2c1ccc(C)cc1C. The van der Waals surface area contributed by atoms with Crippen LogP contribution in [0.3, 0.4) is 0 Å². The first-order valence-corrected chi connectivity index (χ1v) is 11.1. The number of rotatable bonds is 6. The van der Waals surface area contributed by atoms with Gasteiger partial charge in [-0.2, -0.15) is 0 Å². The minimum absolute atomic E-state index is 0.566. The maximum atomic E-state index is 5.00. The van der Waals surface area contributed by atoms with Crippen molar-refractivity contribution in [3.63, 3.8) is 0 Å². The largest absolute Gasteiger partial charge is 0.276 e. The molecule has 0 spiro atoms. The van der Waals surface area contributed by atoms with Crippen LogP contribution in [0.2, 0.25) is 0 Å². The predicted molar refractivity (Wildman–Crippen MR) is 117 cm³/mol. The van der Waals surface area contributed by atoms with Crippen LogP contribution < -0.4 is 0 Å². The molecule has 1 aliphatic rings. The summed E-state index contributed by atoms with van der Waals surface area (Å²) in [7, 11) is 0. The van der Waals surface area contributed by atoms with E-state index in [1.54, 1.807) is 0 Å². The number of nitrogens with zero attached hydrogens (tertiary/aromatic N) is 4. The lowest BCUT2D eigenvalue weighted by Crippen LogP contribution is -2.07. The van der Waals surface area contributed by atoms with Gasteiger partial charge in [0, 0.05) is 16.0 Å². The number of hydrogen-bond acceptors (Lipinski definition) is 4. The van der Waals surface area contributed by atoms with Crippen molar-refractivity contribution in [2.45, 2.75) is 66.3 Å². The van der Waals surface area contributed by atoms with E-state index in [0.29, 0.717) is 6.54 Å². The van der Waals surface area contributed by atoms with Crippen molar-refractivity contribution in [3.05, 3.63) is 63.0 Å². The molecular formula is C23H28N4S. The van der Waals surface area contributed by atoms with Crippen LogP contribution in [0.1, 0.15) is 71.4 Å². The van der Waals surface area contributed by atoms with Crippen molar-refractivity contribution in [3.8, 4) is 5.00 Å². The highest BCUT2D eigenvalue weighted by Gasteiger charge is 2.25. The molecule has 0 amide bonds. The third-order valence-corrected chi connectivity index (χ3v) is 6.59. The Balaban J connectivity index is 1.79. The number of unbranched alkanes of at least 4 members (excludes halogenated alkanes) is 3. The normalized spacial score (nSPS) is 13.1. The Bertz CT molecular complexity index is 1030. The molecule has 3 heterocycles. The summed E-state index contributed by atoms with van der Waals surface area (Å²) in [5.41, 5.74) is 6.09. The molecule has 3 aromatic rings. The quantitative estimate of drug-likeness (QED) is 0.503. The molecule has 146 valence electrons. The van der Waals surface area contributed by atoms with Gasteiger partial charge in [-0.25, -0.2) is 0 Å². The van der Waals surface area contributed by atoms with E-state index >= 15 is 0 Å². The summed E-state index contributed by atoms with van der Waals surface area (Å²) in [6.45, 7) is 9.18. The standard InChI is InChI=1S/C23H28N4S/c1-5-6-7-8-9-18-13-20-22(19-11-10-15(2)12-16(19)3)24-14-21-26-25-17(4)27(21)23(20)28-18/h10-13H,5-9,14H2,1-4H3. The Kier molecular flexibility index (Phi) is 5.44. The maximum Gasteiger partial charge on any atom is 0.160 e. The molecule has 0 radical (unpaired) electrons. The number of aryl methyl sites for hydroxylation is 4. The summed E-state index contributed by atoms with van der Waals surface area (Å²) in [5, 5.41) is 9.92. The fourth-order valence-electron chi connectivity index (χ4n) is 3.93. The lowest BCUT2D eigenvalue weighted by molar-refractivity contribution is 0.670. The molecule has 5 heteroatoms. The van der Waals surface area contributed by atoms with Crippen LogP contribution in [-0.4, -0.2) is 20.5 Å². The Hall–Kier alpha value is -2.27. The highest BCUT2D eigenvalue weighted by Crippen LogP contribution is 2.34. The van der Waals surface area contributed by atoms with Crippen molar-refractivity contribution in [2.75, 3.05) is 0 Å². The zero-order valence-corrected chi connectivity index (χ0v) is 18.1. The smallest absolute Gasteiger partial charge is 0.160 e. The fraction of sp³-hybridized carbons (Fsp3) is 0.435. The second kappa shape index (κ2) is 8.00. The molecule has 0 unspecified atom stereocenters. The molecule has 0 saturated carbocycles. The second-order valence-corrected chi connectivity index (χ2v) is 8.84. The van der Waals surface area contributed by atoms with Gasteiger partial charge in [0.05, 0.1) is 5.71 Å². The van der Waals surface area contributed by atoms with Gasteiger partial charge >= 0.3 is 0 Å². The molecule has 1 aromatic carbocycles. The molecule has 0 fully saturated rings. The number of fused-ring (bicyclic) bond motifs is 3. The average molecular weight is 393 g/mol. The van der Waals surface area contributed by atoms with Gasteiger partial charge in [-0.3, -0.25) is 9.56 Å². The summed E-state index contributed by atoms with van der Waals surface area (Å²) in [4.78, 5) is 6.43. The van der Waals surface area contributed by atoms with Crippen molar-refractivity contribution in [1.29, 1.82) is 0 Å². The van der Waals surface area contributed by atoms with Crippen molar-refractivity contribution < 1.29 is 0 Å². The first-order valence-electron chi connectivity index (χ1n) is 10.2. The van der Waals surface area contributed by atoms with Gasteiger partial charge in [0.25, 0.3) is 0 Å². The number of aliphatic imine (C=N–C) groups is 1. The molecule has 28 heavy (non-hydrogen) atoms. The van der Waals surface area contributed by atoms with Gasteiger partial charge in [0.2, 0.25) is 0 Å². The van der Waals surface area contributed by atoms with Crippen molar-refractivity contribution in [2.24, 2.45) is 4.99 Å². The molecule has 0 saturated heterocycles. The molecular weight excluding hydrogens is 364 g/mol. The Morgan fingerprint density at radius 1 is 1.00 bits per heavy atom. The summed E-state index contributed by atoms with van der Waals surface area (Å²) in [6.07, 6.45) is 6.27. The van der Waals surface area contributed by atoms with Crippen LogP contribution in [0.4, 0.5) is 0 Å². The van der Waals surface area contributed by atoms with Crippen LogP contribution >= 0.6 is 11.3 Å². The average Bonchev–Trinajstić information content (AvgIpc) is 3.20. The van der Waals surface area contributed by atoms with E-state index in [9.17, 15) is 0 Å². The van der Waals surface area contributed by atoms with Crippen molar-refractivity contribution >= 4 is 17.0 Å². The van der Waals surface area contributed by atoms with Gasteiger partial charge in [-0.05, 0) is 45.2 Å². The van der Waals surface area contributed by atoms with E-state index in [1.165, 1.54) is 57.8 Å². The molecule has 4 rings (SSSR count). The van der Waals surface area contributed by atoms with Gasteiger partial charge in [-0.1, -0.05) is 49.9 Å². The maximum absolute atomic E-state index is 5.00. The first-order chi connectivity index (χ1) is 13.6. The molecule has 2 aromatic heterocycles. The molecule has 4 nitrogen and oxygen atoms in total. The Morgan fingerprint density at radius 3 is 2.64 bits per heavy atom. The fourth-order valence-corrected chi connectivity index (χ4v) is 5.20. The molecule has 1 aliphatic heterocycles. The lowest BCUT2D eigenvalue weighted by atomic mass is 9.97. The monoisotopic (exact) mass is 392 g/mol.